The zero-order valence-electron chi connectivity index (χ0n) is 10.8. The van der Waals surface area contributed by atoms with Crippen molar-refractivity contribution < 1.29 is 0 Å². The summed E-state index contributed by atoms with van der Waals surface area (Å²) in [5.74, 6) is 0. The molecule has 0 aliphatic rings. The Kier molecular flexibility index (Phi) is 4.20. The van der Waals surface area contributed by atoms with Crippen LogP contribution in [0, 0.1) is 11.3 Å². The molecule has 2 aromatic rings. The van der Waals surface area contributed by atoms with Gasteiger partial charge in [-0.3, -0.25) is 0 Å². The lowest BCUT2D eigenvalue weighted by Crippen LogP contribution is -2.06. The first-order chi connectivity index (χ1) is 8.85. The van der Waals surface area contributed by atoms with Crippen LogP contribution < -0.4 is 0 Å². The number of benzene rings is 1. The highest BCUT2D eigenvalue weighted by atomic mass is 15.0. The summed E-state index contributed by atoms with van der Waals surface area (Å²) >= 11 is 0. The third kappa shape index (κ3) is 2.81. The Balaban J connectivity index is 2.22. The summed E-state index contributed by atoms with van der Waals surface area (Å²) in [6, 6.07) is 16.7. The fourth-order valence-corrected chi connectivity index (χ4v) is 2.15. The number of hydrogen-bond acceptors (Lipinski definition) is 1. The van der Waals surface area contributed by atoms with E-state index in [1.165, 1.54) is 11.3 Å². The molecule has 0 atom stereocenters. The molecular weight excluding hydrogens is 220 g/mol. The van der Waals surface area contributed by atoms with Gasteiger partial charge in [0.2, 0.25) is 0 Å². The van der Waals surface area contributed by atoms with Crippen molar-refractivity contribution in [3.05, 3.63) is 59.4 Å². The van der Waals surface area contributed by atoms with E-state index in [9.17, 15) is 0 Å². The minimum absolute atomic E-state index is 0.773. The third-order valence-electron chi connectivity index (χ3n) is 3.15. The maximum atomic E-state index is 9.13. The van der Waals surface area contributed by atoms with Crippen molar-refractivity contribution in [2.45, 2.75) is 32.7 Å². The lowest BCUT2D eigenvalue weighted by atomic mass is 10.1. The molecule has 2 rings (SSSR count). The van der Waals surface area contributed by atoms with E-state index in [0.717, 1.165) is 31.5 Å². The van der Waals surface area contributed by atoms with E-state index in [4.69, 9.17) is 5.26 Å². The largest absolute Gasteiger partial charge is 0.336 e. The van der Waals surface area contributed by atoms with Crippen molar-refractivity contribution in [3.8, 4) is 6.07 Å². The minimum Gasteiger partial charge on any atom is -0.336 e. The first kappa shape index (κ1) is 12.4. The molecule has 0 bridgehead atoms. The van der Waals surface area contributed by atoms with Crippen molar-refractivity contribution in [2.75, 3.05) is 0 Å². The van der Waals surface area contributed by atoms with Gasteiger partial charge in [-0.2, -0.15) is 5.26 Å². The van der Waals surface area contributed by atoms with Gasteiger partial charge >= 0.3 is 0 Å². The molecule has 92 valence electrons. The summed E-state index contributed by atoms with van der Waals surface area (Å²) in [4.78, 5) is 0. The van der Waals surface area contributed by atoms with Crippen molar-refractivity contribution in [3.63, 3.8) is 0 Å². The summed E-state index contributed by atoms with van der Waals surface area (Å²) in [6.45, 7) is 3.11. The highest BCUT2D eigenvalue weighted by molar-refractivity contribution is 5.30. The van der Waals surface area contributed by atoms with Gasteiger partial charge in [0, 0.05) is 18.7 Å². The molecule has 0 amide bonds. The molecule has 2 nitrogen and oxygen atoms in total. The van der Waals surface area contributed by atoms with Gasteiger partial charge in [-0.15, -0.1) is 0 Å². The van der Waals surface area contributed by atoms with Crippen molar-refractivity contribution in [1.82, 2.24) is 4.57 Å². The molecule has 0 unspecified atom stereocenters. The van der Waals surface area contributed by atoms with E-state index in [-0.39, 0.29) is 0 Å². The summed E-state index contributed by atoms with van der Waals surface area (Å²) in [5.41, 5.74) is 3.29. The average molecular weight is 238 g/mol. The highest BCUT2D eigenvalue weighted by Gasteiger charge is 2.07. The molecule has 1 heterocycles. The second kappa shape index (κ2) is 6.07. The van der Waals surface area contributed by atoms with Crippen LogP contribution in [0.25, 0.3) is 0 Å². The number of aromatic nitrogens is 1. The Morgan fingerprint density at radius 1 is 1.11 bits per heavy atom. The lowest BCUT2D eigenvalue weighted by Gasteiger charge is -2.10. The Morgan fingerprint density at radius 2 is 1.89 bits per heavy atom. The van der Waals surface area contributed by atoms with Crippen molar-refractivity contribution >= 4 is 0 Å². The first-order valence-corrected chi connectivity index (χ1v) is 6.47. The maximum absolute atomic E-state index is 9.13. The highest BCUT2D eigenvalue weighted by Crippen LogP contribution is 2.15. The first-order valence-electron chi connectivity index (χ1n) is 6.47. The van der Waals surface area contributed by atoms with Gasteiger partial charge in [-0.1, -0.05) is 43.7 Å². The summed E-state index contributed by atoms with van der Waals surface area (Å²) in [7, 11) is 0. The third-order valence-corrected chi connectivity index (χ3v) is 3.15. The summed E-state index contributed by atoms with van der Waals surface area (Å²) in [6.07, 6.45) is 3.16. The predicted molar refractivity (Wildman–Crippen MR) is 73.3 cm³/mol. The van der Waals surface area contributed by atoms with Crippen LogP contribution in [0.4, 0.5) is 0 Å². The van der Waals surface area contributed by atoms with Crippen LogP contribution in [0.3, 0.4) is 0 Å². The SMILES string of the molecule is CCCCn1c(C#N)ccc1Cc1ccccc1. The zero-order chi connectivity index (χ0) is 12.8. The molecule has 1 aromatic carbocycles. The molecule has 0 saturated carbocycles. The smallest absolute Gasteiger partial charge is 0.120 e. The second-order valence-electron chi connectivity index (χ2n) is 4.49. The standard InChI is InChI=1S/C16H18N2/c1-2-3-11-18-15(9-10-16(18)13-17)12-14-7-5-4-6-8-14/h4-10H,2-3,11-12H2,1H3. The molecule has 0 spiro atoms. The predicted octanol–water partition coefficient (Wildman–Crippen LogP) is 3.75. The van der Waals surface area contributed by atoms with E-state index in [2.05, 4.69) is 47.9 Å². The normalized spacial score (nSPS) is 10.2. The van der Waals surface area contributed by atoms with Gasteiger partial charge in [0.05, 0.1) is 0 Å². The number of unbranched alkanes of at least 4 members (excludes halogenated alkanes) is 1. The fourth-order valence-electron chi connectivity index (χ4n) is 2.15. The minimum atomic E-state index is 0.773. The molecule has 2 heteroatoms. The Bertz CT molecular complexity index is 532. The van der Waals surface area contributed by atoms with Gasteiger partial charge in [0.1, 0.15) is 11.8 Å². The topological polar surface area (TPSA) is 28.7 Å². The number of hydrogen-bond donors (Lipinski definition) is 0. The van der Waals surface area contributed by atoms with Crippen LogP contribution in [-0.4, -0.2) is 4.57 Å². The molecule has 18 heavy (non-hydrogen) atoms. The molecular formula is C16H18N2. The van der Waals surface area contributed by atoms with Gasteiger partial charge in [-0.25, -0.2) is 0 Å². The summed E-state index contributed by atoms with van der Waals surface area (Å²) < 4.78 is 2.15. The van der Waals surface area contributed by atoms with Crippen LogP contribution in [-0.2, 0) is 13.0 Å². The lowest BCUT2D eigenvalue weighted by molar-refractivity contribution is 0.610. The van der Waals surface area contributed by atoms with Crippen LogP contribution in [0.1, 0.15) is 36.7 Å². The van der Waals surface area contributed by atoms with E-state index < -0.39 is 0 Å². The fraction of sp³-hybridized carbons (Fsp3) is 0.312. The molecule has 0 saturated heterocycles. The quantitative estimate of drug-likeness (QED) is 0.779. The monoisotopic (exact) mass is 238 g/mol. The molecule has 0 fully saturated rings. The molecule has 0 radical (unpaired) electrons. The van der Waals surface area contributed by atoms with Gasteiger partial charge in [-0.05, 0) is 24.1 Å². The second-order valence-corrected chi connectivity index (χ2v) is 4.49. The number of nitrogens with zero attached hydrogens (tertiary/aromatic N) is 2. The van der Waals surface area contributed by atoms with Crippen molar-refractivity contribution in [1.29, 1.82) is 5.26 Å². The van der Waals surface area contributed by atoms with E-state index >= 15 is 0 Å². The van der Waals surface area contributed by atoms with Crippen LogP contribution in [0.5, 0.6) is 0 Å². The van der Waals surface area contributed by atoms with Crippen LogP contribution >= 0.6 is 0 Å². The van der Waals surface area contributed by atoms with Crippen molar-refractivity contribution in [2.24, 2.45) is 0 Å². The van der Waals surface area contributed by atoms with Crippen LogP contribution in [0.15, 0.2) is 42.5 Å². The molecule has 0 N–H and O–H groups in total. The number of nitriles is 1. The average Bonchev–Trinajstić information content (AvgIpc) is 2.79. The number of rotatable bonds is 5. The maximum Gasteiger partial charge on any atom is 0.120 e. The van der Waals surface area contributed by atoms with Crippen LogP contribution in [0.2, 0.25) is 0 Å². The Hall–Kier alpha value is -2.01. The molecule has 0 aliphatic heterocycles. The van der Waals surface area contributed by atoms with Gasteiger partial charge in [0.25, 0.3) is 0 Å². The summed E-state index contributed by atoms with van der Waals surface area (Å²) in [5, 5.41) is 9.13. The molecule has 0 aliphatic carbocycles. The molecule has 1 aromatic heterocycles. The van der Waals surface area contributed by atoms with E-state index in [0.29, 0.717) is 0 Å². The van der Waals surface area contributed by atoms with Gasteiger partial charge in [0.15, 0.2) is 0 Å². The van der Waals surface area contributed by atoms with E-state index in [1.54, 1.807) is 0 Å². The van der Waals surface area contributed by atoms with E-state index in [1.807, 2.05) is 12.1 Å². The van der Waals surface area contributed by atoms with Gasteiger partial charge < -0.3 is 4.57 Å². The Labute approximate surface area is 108 Å². The zero-order valence-corrected chi connectivity index (χ0v) is 10.8. The Morgan fingerprint density at radius 3 is 2.56 bits per heavy atom.